The zero-order valence-electron chi connectivity index (χ0n) is 20.7. The van der Waals surface area contributed by atoms with E-state index in [0.29, 0.717) is 18.0 Å². The number of hydrogen-bond acceptors (Lipinski definition) is 3. The number of ether oxygens (including phenoxy) is 1. The van der Waals surface area contributed by atoms with Crippen LogP contribution < -0.4 is 10.2 Å². The normalized spacial score (nSPS) is 16.0. The highest BCUT2D eigenvalue weighted by atomic mass is 19.4. The molecule has 0 aliphatic heterocycles. The number of nitrogens with zero attached hydrogens (tertiary/aromatic N) is 3. The Morgan fingerprint density at radius 2 is 1.79 bits per heavy atom. The molecule has 0 saturated heterocycles. The van der Waals surface area contributed by atoms with Gasteiger partial charge in [-0.25, -0.2) is 0 Å². The second kappa shape index (κ2) is 9.24. The van der Waals surface area contributed by atoms with Crippen molar-refractivity contribution in [1.29, 1.82) is 0 Å². The van der Waals surface area contributed by atoms with Crippen molar-refractivity contribution in [3.05, 3.63) is 46.6 Å². The molecule has 0 atom stereocenters. The van der Waals surface area contributed by atoms with E-state index < -0.39 is 23.2 Å². The number of carbonyl (C=O) groups is 1. The van der Waals surface area contributed by atoms with Gasteiger partial charge in [0, 0.05) is 30.8 Å². The zero-order valence-corrected chi connectivity index (χ0v) is 20.7. The van der Waals surface area contributed by atoms with Crippen LogP contribution in [0.15, 0.2) is 29.3 Å². The van der Waals surface area contributed by atoms with Gasteiger partial charge >= 0.3 is 6.18 Å². The van der Waals surface area contributed by atoms with E-state index in [1.165, 1.54) is 20.3 Å². The quantitative estimate of drug-likeness (QED) is 0.642. The van der Waals surface area contributed by atoms with Gasteiger partial charge in [0.25, 0.3) is 5.91 Å². The van der Waals surface area contributed by atoms with Crippen molar-refractivity contribution in [3.63, 3.8) is 0 Å². The molecule has 1 amide bonds. The highest BCUT2D eigenvalue weighted by Gasteiger charge is 2.32. The Morgan fingerprint density at radius 3 is 2.29 bits per heavy atom. The van der Waals surface area contributed by atoms with Gasteiger partial charge < -0.3 is 9.84 Å². The summed E-state index contributed by atoms with van der Waals surface area (Å²) < 4.78 is 49.5. The molecule has 1 aromatic carbocycles. The fourth-order valence-electron chi connectivity index (χ4n) is 3.92. The molecule has 1 aliphatic rings. The minimum absolute atomic E-state index is 0.0543. The molecule has 0 bridgehead atoms. The van der Waals surface area contributed by atoms with Crippen molar-refractivity contribution < 1.29 is 27.8 Å². The molecule has 34 heavy (non-hydrogen) atoms. The molecule has 0 unspecified atom stereocenters. The summed E-state index contributed by atoms with van der Waals surface area (Å²) in [6.45, 7) is 9.66. The Bertz CT molecular complexity index is 1110. The summed E-state index contributed by atoms with van der Waals surface area (Å²) in [4.78, 5) is 17.5. The summed E-state index contributed by atoms with van der Waals surface area (Å²) in [5.74, 6) is -0.402. The average Bonchev–Trinajstić information content (AvgIpc) is 2.97. The van der Waals surface area contributed by atoms with Gasteiger partial charge in [0.05, 0.1) is 16.7 Å². The van der Waals surface area contributed by atoms with E-state index in [9.17, 15) is 23.1 Å². The molecule has 1 aliphatic carbocycles. The minimum Gasteiger partial charge on any atom is -0.490 e. The summed E-state index contributed by atoms with van der Waals surface area (Å²) in [6.07, 6.45) is -1.27. The van der Waals surface area contributed by atoms with Gasteiger partial charge in [0.1, 0.15) is 12.4 Å². The summed E-state index contributed by atoms with van der Waals surface area (Å²) in [7, 11) is 1.91. The highest BCUT2D eigenvalue weighted by molar-refractivity contribution is 5.97. The molecule has 1 heterocycles. The Hall–Kier alpha value is -2.55. The predicted molar refractivity (Wildman–Crippen MR) is 123 cm³/mol. The Morgan fingerprint density at radius 1 is 1.15 bits per heavy atom. The standard InChI is InChI=1S/C25H34F3N3O3/c1-23(2,3)20-13-21(31(30(20)6)14-16-8-7-9-16)29-22(32)18-12-17(25(26,27)28)10-11-19(18)34-15-24(4,5)33/h10-13,16,33H,7-9,14-15H2,1-6H3/b29-21+. The van der Waals surface area contributed by atoms with Crippen LogP contribution in [0.2, 0.25) is 0 Å². The summed E-state index contributed by atoms with van der Waals surface area (Å²) in [5, 5.41) is 9.97. The van der Waals surface area contributed by atoms with E-state index in [1.807, 2.05) is 22.5 Å². The summed E-state index contributed by atoms with van der Waals surface area (Å²) in [5.41, 5.74) is -1.35. The summed E-state index contributed by atoms with van der Waals surface area (Å²) in [6, 6.07) is 4.54. The number of benzene rings is 1. The van der Waals surface area contributed by atoms with Crippen molar-refractivity contribution in [2.75, 3.05) is 6.61 Å². The number of amides is 1. The second-order valence-electron chi connectivity index (χ2n) is 10.8. The first-order chi connectivity index (χ1) is 15.6. The van der Waals surface area contributed by atoms with E-state index in [4.69, 9.17) is 4.74 Å². The maximum Gasteiger partial charge on any atom is 0.416 e. The van der Waals surface area contributed by atoms with Gasteiger partial charge in [0.2, 0.25) is 0 Å². The number of halogens is 3. The molecule has 2 aromatic rings. The third kappa shape index (κ3) is 6.11. The third-order valence-corrected chi connectivity index (χ3v) is 6.00. The van der Waals surface area contributed by atoms with Crippen LogP contribution >= 0.6 is 0 Å². The molecule has 0 spiro atoms. The van der Waals surface area contributed by atoms with E-state index in [1.54, 1.807) is 0 Å². The first kappa shape index (κ1) is 26.1. The Kier molecular flexibility index (Phi) is 7.09. The molecule has 9 heteroatoms. The molecule has 188 valence electrons. The molecule has 1 N–H and O–H groups in total. The molecule has 1 fully saturated rings. The van der Waals surface area contributed by atoms with Crippen LogP contribution in [0.1, 0.15) is 75.5 Å². The maximum atomic E-state index is 13.4. The molecule has 6 nitrogen and oxygen atoms in total. The third-order valence-electron chi connectivity index (χ3n) is 6.00. The largest absolute Gasteiger partial charge is 0.490 e. The molecular weight excluding hydrogens is 447 g/mol. The van der Waals surface area contributed by atoms with Crippen molar-refractivity contribution in [3.8, 4) is 5.75 Å². The second-order valence-corrected chi connectivity index (χ2v) is 10.8. The molecule has 1 aromatic heterocycles. The fourth-order valence-corrected chi connectivity index (χ4v) is 3.92. The predicted octanol–water partition coefficient (Wildman–Crippen LogP) is 4.83. The number of alkyl halides is 3. The van der Waals surface area contributed by atoms with Crippen molar-refractivity contribution in [2.45, 2.75) is 77.6 Å². The smallest absolute Gasteiger partial charge is 0.416 e. The van der Waals surface area contributed by atoms with Crippen molar-refractivity contribution >= 4 is 5.91 Å². The zero-order chi connectivity index (χ0) is 25.5. The van der Waals surface area contributed by atoms with Crippen LogP contribution in [-0.2, 0) is 25.2 Å². The number of aliphatic hydroxyl groups is 1. The van der Waals surface area contributed by atoms with Crippen molar-refractivity contribution in [2.24, 2.45) is 18.0 Å². The van der Waals surface area contributed by atoms with Crippen molar-refractivity contribution in [1.82, 2.24) is 9.36 Å². The molecular formula is C25H34F3N3O3. The first-order valence-corrected chi connectivity index (χ1v) is 11.5. The van der Waals surface area contributed by atoms with Gasteiger partial charge in [-0.3, -0.25) is 14.2 Å². The Labute approximate surface area is 198 Å². The van der Waals surface area contributed by atoms with E-state index >= 15 is 0 Å². The number of rotatable bonds is 6. The lowest BCUT2D eigenvalue weighted by Gasteiger charge is -2.27. The number of aromatic nitrogens is 2. The SMILES string of the molecule is Cn1c(C(C)(C)C)c/c(=N\C(=O)c2cc(C(F)(F)F)ccc2OCC(C)(C)O)n1CC1CCC1. The van der Waals surface area contributed by atoms with Crippen LogP contribution in [0, 0.1) is 5.92 Å². The van der Waals surface area contributed by atoms with Crippen LogP contribution in [0.25, 0.3) is 0 Å². The van der Waals surface area contributed by atoms with Crippen LogP contribution in [0.3, 0.4) is 0 Å². The Balaban J connectivity index is 2.10. The van der Waals surface area contributed by atoms with Gasteiger partial charge in [-0.05, 0) is 50.8 Å². The van der Waals surface area contributed by atoms with Crippen LogP contribution in [0.5, 0.6) is 5.75 Å². The van der Waals surface area contributed by atoms with E-state index in [2.05, 4.69) is 25.8 Å². The van der Waals surface area contributed by atoms with Crippen LogP contribution in [-0.4, -0.2) is 32.6 Å². The first-order valence-electron chi connectivity index (χ1n) is 11.5. The van der Waals surface area contributed by atoms with Gasteiger partial charge in [-0.1, -0.05) is 27.2 Å². The molecule has 1 saturated carbocycles. The number of hydrogen-bond donors (Lipinski definition) is 1. The average molecular weight is 482 g/mol. The minimum atomic E-state index is -4.62. The van der Waals surface area contributed by atoms with Gasteiger partial charge in [-0.15, -0.1) is 0 Å². The van der Waals surface area contributed by atoms with Gasteiger partial charge in [-0.2, -0.15) is 18.2 Å². The van der Waals surface area contributed by atoms with Crippen LogP contribution in [0.4, 0.5) is 13.2 Å². The summed E-state index contributed by atoms with van der Waals surface area (Å²) >= 11 is 0. The number of carbonyl (C=O) groups excluding carboxylic acids is 1. The molecule has 0 radical (unpaired) electrons. The fraction of sp³-hybridized carbons (Fsp3) is 0.600. The monoisotopic (exact) mass is 481 g/mol. The van der Waals surface area contributed by atoms with Gasteiger partial charge in [0.15, 0.2) is 5.49 Å². The molecule has 3 rings (SSSR count). The highest BCUT2D eigenvalue weighted by Crippen LogP contribution is 2.33. The topological polar surface area (TPSA) is 68.8 Å². The maximum absolute atomic E-state index is 13.4. The van der Waals surface area contributed by atoms with E-state index in [0.717, 1.165) is 36.7 Å². The van der Waals surface area contributed by atoms with E-state index in [-0.39, 0.29) is 23.3 Å². The lowest BCUT2D eigenvalue weighted by atomic mass is 9.85. The lowest BCUT2D eigenvalue weighted by Crippen LogP contribution is -2.31. The lowest BCUT2D eigenvalue weighted by molar-refractivity contribution is -0.137.